The van der Waals surface area contributed by atoms with Crippen molar-refractivity contribution < 1.29 is 9.53 Å². The van der Waals surface area contributed by atoms with Gasteiger partial charge < -0.3 is 4.74 Å². The van der Waals surface area contributed by atoms with Gasteiger partial charge in [-0.25, -0.2) is 4.98 Å². The second-order valence-electron chi connectivity index (χ2n) is 6.85. The standard InChI is InChI=1S/C22H23N3O2S/c26-21(19-11-5-6-12-20(19)27-18-9-3-1-4-10-18)24-22-23-17(16-28-22)15-25-13-7-2-8-14-25/h1,3-6,9-12,16H,2,7-8,13-15H2,(H,23,24,26). The Morgan fingerprint density at radius 3 is 2.61 bits per heavy atom. The Morgan fingerprint density at radius 1 is 1.04 bits per heavy atom. The third kappa shape index (κ3) is 4.77. The van der Waals surface area contributed by atoms with Crippen molar-refractivity contribution in [1.29, 1.82) is 0 Å². The fourth-order valence-electron chi connectivity index (χ4n) is 3.31. The Hall–Kier alpha value is -2.70. The van der Waals surface area contributed by atoms with E-state index >= 15 is 0 Å². The largest absolute Gasteiger partial charge is 0.457 e. The van der Waals surface area contributed by atoms with Crippen LogP contribution in [-0.4, -0.2) is 28.9 Å². The Bertz CT molecular complexity index is 920. The van der Waals surface area contributed by atoms with Crippen LogP contribution in [0.25, 0.3) is 0 Å². The Balaban J connectivity index is 1.43. The van der Waals surface area contributed by atoms with Crippen LogP contribution in [0.3, 0.4) is 0 Å². The molecule has 6 heteroatoms. The van der Waals surface area contributed by atoms with Crippen LogP contribution in [0.2, 0.25) is 0 Å². The summed E-state index contributed by atoms with van der Waals surface area (Å²) in [4.78, 5) is 19.8. The highest BCUT2D eigenvalue weighted by molar-refractivity contribution is 7.14. The zero-order valence-electron chi connectivity index (χ0n) is 15.6. The van der Waals surface area contributed by atoms with Crippen LogP contribution < -0.4 is 10.1 Å². The quantitative estimate of drug-likeness (QED) is 0.627. The zero-order chi connectivity index (χ0) is 19.2. The van der Waals surface area contributed by atoms with Gasteiger partial charge in [0, 0.05) is 11.9 Å². The van der Waals surface area contributed by atoms with Crippen molar-refractivity contribution in [3.8, 4) is 11.5 Å². The molecule has 1 saturated heterocycles. The third-order valence-electron chi connectivity index (χ3n) is 4.71. The number of carbonyl (C=O) groups is 1. The maximum atomic E-state index is 12.8. The molecule has 28 heavy (non-hydrogen) atoms. The number of amides is 1. The summed E-state index contributed by atoms with van der Waals surface area (Å²) in [6.45, 7) is 3.10. The highest BCUT2D eigenvalue weighted by Gasteiger charge is 2.16. The highest BCUT2D eigenvalue weighted by Crippen LogP contribution is 2.26. The minimum Gasteiger partial charge on any atom is -0.457 e. The molecule has 1 fully saturated rings. The van der Waals surface area contributed by atoms with Gasteiger partial charge in [-0.15, -0.1) is 11.3 Å². The molecule has 2 aromatic carbocycles. The highest BCUT2D eigenvalue weighted by atomic mass is 32.1. The molecule has 1 N–H and O–H groups in total. The van der Waals surface area contributed by atoms with Crippen molar-refractivity contribution in [2.75, 3.05) is 18.4 Å². The van der Waals surface area contributed by atoms with Gasteiger partial charge in [0.1, 0.15) is 11.5 Å². The molecule has 3 aromatic rings. The summed E-state index contributed by atoms with van der Waals surface area (Å²) in [6.07, 6.45) is 3.83. The van der Waals surface area contributed by atoms with Gasteiger partial charge in [-0.05, 0) is 50.2 Å². The molecule has 4 rings (SSSR count). The molecule has 144 valence electrons. The van der Waals surface area contributed by atoms with E-state index in [9.17, 15) is 4.79 Å². The number of aromatic nitrogens is 1. The van der Waals surface area contributed by atoms with E-state index in [4.69, 9.17) is 4.74 Å². The smallest absolute Gasteiger partial charge is 0.261 e. The SMILES string of the molecule is O=C(Nc1nc(CN2CCCCC2)cs1)c1ccccc1Oc1ccccc1. The number of nitrogens with zero attached hydrogens (tertiary/aromatic N) is 2. The van der Waals surface area contributed by atoms with Crippen molar-refractivity contribution in [2.24, 2.45) is 0 Å². The van der Waals surface area contributed by atoms with Gasteiger partial charge in [0.25, 0.3) is 5.91 Å². The molecule has 0 atom stereocenters. The van der Waals surface area contributed by atoms with Crippen LogP contribution in [0.1, 0.15) is 35.3 Å². The van der Waals surface area contributed by atoms with Crippen molar-refractivity contribution in [1.82, 2.24) is 9.88 Å². The van der Waals surface area contributed by atoms with Gasteiger partial charge in [0.2, 0.25) is 0 Å². The van der Waals surface area contributed by atoms with Crippen molar-refractivity contribution in [3.05, 3.63) is 71.2 Å². The number of hydrogen-bond donors (Lipinski definition) is 1. The van der Waals surface area contributed by atoms with Gasteiger partial charge in [0.15, 0.2) is 5.13 Å². The molecule has 0 aliphatic carbocycles. The van der Waals surface area contributed by atoms with Crippen molar-refractivity contribution >= 4 is 22.4 Å². The summed E-state index contributed by atoms with van der Waals surface area (Å²) < 4.78 is 5.89. The molecular weight excluding hydrogens is 370 g/mol. The molecule has 1 amide bonds. The van der Waals surface area contributed by atoms with Crippen molar-refractivity contribution in [3.63, 3.8) is 0 Å². The van der Waals surface area contributed by atoms with Crippen LogP contribution in [0.4, 0.5) is 5.13 Å². The lowest BCUT2D eigenvalue weighted by Gasteiger charge is -2.25. The average Bonchev–Trinajstić information content (AvgIpc) is 3.16. The molecule has 5 nitrogen and oxygen atoms in total. The third-order valence-corrected chi connectivity index (χ3v) is 5.52. The summed E-state index contributed by atoms with van der Waals surface area (Å²) in [5.74, 6) is 1.00. The molecular formula is C22H23N3O2S. The first-order chi connectivity index (χ1) is 13.8. The normalized spacial score (nSPS) is 14.6. The Kier molecular flexibility index (Phi) is 5.99. The van der Waals surface area contributed by atoms with Crippen LogP contribution in [0.15, 0.2) is 60.0 Å². The van der Waals surface area contributed by atoms with Gasteiger partial charge in [0.05, 0.1) is 11.3 Å². The number of thiazole rings is 1. The summed E-state index contributed by atoms with van der Waals surface area (Å²) >= 11 is 1.46. The van der Waals surface area contributed by atoms with Crippen LogP contribution in [0.5, 0.6) is 11.5 Å². The van der Waals surface area contributed by atoms with E-state index < -0.39 is 0 Å². The first kappa shape index (κ1) is 18.7. The fourth-order valence-corrected chi connectivity index (χ4v) is 4.00. The lowest BCUT2D eigenvalue weighted by atomic mass is 10.1. The molecule has 0 bridgehead atoms. The number of piperidine rings is 1. The first-order valence-corrected chi connectivity index (χ1v) is 10.5. The number of anilines is 1. The van der Waals surface area contributed by atoms with Crippen LogP contribution in [-0.2, 0) is 6.54 Å². The maximum Gasteiger partial charge on any atom is 0.261 e. The minimum absolute atomic E-state index is 0.217. The average molecular weight is 394 g/mol. The predicted molar refractivity (Wildman–Crippen MR) is 112 cm³/mol. The molecule has 2 heterocycles. The number of carbonyl (C=O) groups excluding carboxylic acids is 1. The molecule has 0 spiro atoms. The van der Waals surface area contributed by atoms with Gasteiger partial charge in [-0.2, -0.15) is 0 Å². The van der Waals surface area contributed by atoms with Gasteiger partial charge in [-0.1, -0.05) is 36.8 Å². The molecule has 1 aromatic heterocycles. The van der Waals surface area contributed by atoms with E-state index in [-0.39, 0.29) is 5.91 Å². The van der Waals surface area contributed by atoms with Crippen molar-refractivity contribution in [2.45, 2.75) is 25.8 Å². The number of hydrogen-bond acceptors (Lipinski definition) is 5. The lowest BCUT2D eigenvalue weighted by molar-refractivity contribution is 0.102. The van der Waals surface area contributed by atoms with E-state index in [1.54, 1.807) is 12.1 Å². The molecule has 1 aliphatic rings. The summed E-state index contributed by atoms with van der Waals surface area (Å²) in [6, 6.07) is 16.7. The van der Waals surface area contributed by atoms with Crippen LogP contribution >= 0.6 is 11.3 Å². The van der Waals surface area contributed by atoms with E-state index in [1.807, 2.05) is 47.8 Å². The van der Waals surface area contributed by atoms with Gasteiger partial charge in [-0.3, -0.25) is 15.0 Å². The van der Waals surface area contributed by atoms with Crippen LogP contribution in [0, 0.1) is 0 Å². The molecule has 0 saturated carbocycles. The predicted octanol–water partition coefficient (Wildman–Crippen LogP) is 5.17. The number of nitrogens with one attached hydrogen (secondary N) is 1. The number of para-hydroxylation sites is 2. The number of likely N-dealkylation sites (tertiary alicyclic amines) is 1. The summed E-state index contributed by atoms with van der Waals surface area (Å²) in [5.41, 5.74) is 1.50. The lowest BCUT2D eigenvalue weighted by Crippen LogP contribution is -2.29. The summed E-state index contributed by atoms with van der Waals surface area (Å²) in [5, 5.41) is 5.55. The Morgan fingerprint density at radius 2 is 1.79 bits per heavy atom. The maximum absolute atomic E-state index is 12.8. The van der Waals surface area contributed by atoms with Gasteiger partial charge >= 0.3 is 0 Å². The van der Waals surface area contributed by atoms with E-state index in [0.29, 0.717) is 22.2 Å². The zero-order valence-corrected chi connectivity index (χ0v) is 16.5. The number of benzene rings is 2. The van der Waals surface area contributed by atoms with E-state index in [0.717, 1.165) is 25.3 Å². The monoisotopic (exact) mass is 393 g/mol. The molecule has 0 unspecified atom stereocenters. The molecule has 1 aliphatic heterocycles. The summed E-state index contributed by atoms with van der Waals surface area (Å²) in [7, 11) is 0. The second-order valence-corrected chi connectivity index (χ2v) is 7.70. The molecule has 0 radical (unpaired) electrons. The Labute approximate surface area is 169 Å². The van der Waals surface area contributed by atoms with E-state index in [2.05, 4.69) is 15.2 Å². The fraction of sp³-hybridized carbons (Fsp3) is 0.273. The topological polar surface area (TPSA) is 54.5 Å². The minimum atomic E-state index is -0.217. The second kappa shape index (κ2) is 8.99. The first-order valence-electron chi connectivity index (χ1n) is 9.58. The number of rotatable bonds is 6. The number of ether oxygens (including phenoxy) is 1. The van der Waals surface area contributed by atoms with E-state index in [1.165, 1.54) is 30.6 Å².